The molecule has 1 amide bonds. The maximum absolute atomic E-state index is 15.0. The number of piperidine rings is 1. The van der Waals surface area contributed by atoms with Crippen molar-refractivity contribution in [3.8, 4) is 11.1 Å². The van der Waals surface area contributed by atoms with Crippen LogP contribution in [-0.4, -0.2) is 61.4 Å². The molecular weight excluding hydrogens is 490 g/mol. The Kier molecular flexibility index (Phi) is 5.94. The highest BCUT2D eigenvalue weighted by atomic mass is 35.5. The number of rotatable bonds is 4. The molecule has 6 nitrogen and oxygen atoms in total. The molecule has 3 fully saturated rings. The SMILES string of the molecule is O=C1COC2(CCN(S(=O)(=O)c3ccc(-c4ccc(Cl)cc4Cl)cc3F)CC2)CN1C1CC1. The molecule has 176 valence electrons. The Morgan fingerprint density at radius 2 is 1.79 bits per heavy atom. The van der Waals surface area contributed by atoms with Crippen LogP contribution in [0.1, 0.15) is 25.7 Å². The van der Waals surface area contributed by atoms with Gasteiger partial charge in [-0.3, -0.25) is 4.79 Å². The van der Waals surface area contributed by atoms with Crippen molar-refractivity contribution in [2.75, 3.05) is 26.2 Å². The second-order valence-electron chi connectivity index (χ2n) is 8.90. The number of carbonyl (C=O) groups is 1. The van der Waals surface area contributed by atoms with Crippen LogP contribution in [0, 0.1) is 5.82 Å². The van der Waals surface area contributed by atoms with Crippen LogP contribution in [0.2, 0.25) is 10.0 Å². The third-order valence-corrected chi connectivity index (χ3v) is 9.17. The number of sulfonamides is 1. The molecule has 3 aliphatic rings. The predicted molar refractivity (Wildman–Crippen MR) is 123 cm³/mol. The van der Waals surface area contributed by atoms with Gasteiger partial charge in [-0.15, -0.1) is 0 Å². The largest absolute Gasteiger partial charge is 0.363 e. The second kappa shape index (κ2) is 8.50. The number of benzene rings is 2. The lowest BCUT2D eigenvalue weighted by Gasteiger charge is -2.46. The van der Waals surface area contributed by atoms with Crippen molar-refractivity contribution < 1.29 is 22.3 Å². The number of ether oxygens (including phenoxy) is 1. The fraction of sp³-hybridized carbons (Fsp3) is 0.435. The molecule has 1 aliphatic carbocycles. The van der Waals surface area contributed by atoms with E-state index in [1.807, 2.05) is 4.90 Å². The van der Waals surface area contributed by atoms with Gasteiger partial charge in [-0.2, -0.15) is 4.31 Å². The normalized spacial score (nSPS) is 21.5. The molecule has 33 heavy (non-hydrogen) atoms. The Balaban J connectivity index is 1.33. The Bertz CT molecular complexity index is 1210. The zero-order valence-corrected chi connectivity index (χ0v) is 20.1. The second-order valence-corrected chi connectivity index (χ2v) is 11.6. The van der Waals surface area contributed by atoms with Crippen LogP contribution in [0.25, 0.3) is 11.1 Å². The fourth-order valence-electron chi connectivity index (χ4n) is 4.64. The molecule has 0 aromatic heterocycles. The van der Waals surface area contributed by atoms with Crippen molar-refractivity contribution in [3.63, 3.8) is 0 Å². The smallest absolute Gasteiger partial charge is 0.248 e. The van der Waals surface area contributed by atoms with Gasteiger partial charge in [-0.25, -0.2) is 12.8 Å². The minimum absolute atomic E-state index is 0.00104. The molecule has 0 N–H and O–H groups in total. The number of morpholine rings is 1. The van der Waals surface area contributed by atoms with Gasteiger partial charge >= 0.3 is 0 Å². The minimum Gasteiger partial charge on any atom is -0.363 e. The first-order chi connectivity index (χ1) is 15.7. The Labute approximate surface area is 202 Å². The van der Waals surface area contributed by atoms with Crippen molar-refractivity contribution >= 4 is 39.1 Å². The van der Waals surface area contributed by atoms with Gasteiger partial charge in [0.2, 0.25) is 15.9 Å². The van der Waals surface area contributed by atoms with Crippen LogP contribution in [-0.2, 0) is 19.6 Å². The Morgan fingerprint density at radius 1 is 1.06 bits per heavy atom. The summed E-state index contributed by atoms with van der Waals surface area (Å²) in [4.78, 5) is 13.7. The van der Waals surface area contributed by atoms with E-state index >= 15 is 0 Å². The molecule has 2 saturated heterocycles. The van der Waals surface area contributed by atoms with Gasteiger partial charge in [0.25, 0.3) is 0 Å². The number of hydrogen-bond acceptors (Lipinski definition) is 4. The molecule has 0 atom stereocenters. The molecule has 0 bridgehead atoms. The van der Waals surface area contributed by atoms with Crippen molar-refractivity contribution in [2.24, 2.45) is 0 Å². The summed E-state index contributed by atoms with van der Waals surface area (Å²) in [6.07, 6.45) is 2.95. The van der Waals surface area contributed by atoms with Gasteiger partial charge in [0.05, 0.1) is 12.1 Å². The van der Waals surface area contributed by atoms with E-state index in [9.17, 15) is 17.6 Å². The quantitative estimate of drug-likeness (QED) is 0.610. The zero-order valence-electron chi connectivity index (χ0n) is 17.8. The van der Waals surface area contributed by atoms with E-state index in [4.69, 9.17) is 27.9 Å². The Hall–Kier alpha value is -1.71. The number of carbonyl (C=O) groups excluding carboxylic acids is 1. The third kappa shape index (κ3) is 4.39. The van der Waals surface area contributed by atoms with Crippen molar-refractivity contribution in [1.82, 2.24) is 9.21 Å². The molecule has 2 heterocycles. The van der Waals surface area contributed by atoms with Gasteiger partial charge in [0, 0.05) is 34.7 Å². The van der Waals surface area contributed by atoms with Gasteiger partial charge in [-0.1, -0.05) is 35.3 Å². The lowest BCUT2D eigenvalue weighted by Crippen LogP contribution is -2.59. The van der Waals surface area contributed by atoms with Gasteiger partial charge < -0.3 is 9.64 Å². The molecule has 1 saturated carbocycles. The minimum atomic E-state index is -4.02. The van der Waals surface area contributed by atoms with Crippen molar-refractivity contribution in [1.29, 1.82) is 0 Å². The maximum atomic E-state index is 15.0. The van der Waals surface area contributed by atoms with E-state index in [0.717, 1.165) is 12.8 Å². The van der Waals surface area contributed by atoms with E-state index in [-0.39, 0.29) is 30.5 Å². The zero-order chi connectivity index (χ0) is 23.4. The van der Waals surface area contributed by atoms with E-state index in [1.165, 1.54) is 16.4 Å². The molecule has 10 heteroatoms. The molecule has 5 rings (SSSR count). The van der Waals surface area contributed by atoms with Crippen molar-refractivity contribution in [2.45, 2.75) is 42.2 Å². The maximum Gasteiger partial charge on any atom is 0.248 e. The topological polar surface area (TPSA) is 66.9 Å². The molecule has 2 aliphatic heterocycles. The third-order valence-electron chi connectivity index (χ3n) is 6.69. The monoisotopic (exact) mass is 512 g/mol. The molecule has 0 radical (unpaired) electrons. The highest BCUT2D eigenvalue weighted by molar-refractivity contribution is 7.89. The highest BCUT2D eigenvalue weighted by Gasteiger charge is 2.47. The van der Waals surface area contributed by atoms with E-state index in [2.05, 4.69) is 0 Å². The van der Waals surface area contributed by atoms with Crippen LogP contribution >= 0.6 is 23.2 Å². The summed E-state index contributed by atoms with van der Waals surface area (Å²) in [5, 5.41) is 0.808. The first-order valence-corrected chi connectivity index (χ1v) is 13.1. The van der Waals surface area contributed by atoms with Gasteiger partial charge in [0.15, 0.2) is 0 Å². The summed E-state index contributed by atoms with van der Waals surface area (Å²) in [6, 6.07) is 9.14. The first kappa shape index (κ1) is 23.1. The van der Waals surface area contributed by atoms with Crippen LogP contribution in [0.15, 0.2) is 41.3 Å². The van der Waals surface area contributed by atoms with Gasteiger partial charge in [-0.05, 0) is 55.5 Å². The summed E-state index contributed by atoms with van der Waals surface area (Å²) in [5.41, 5.74) is 0.496. The lowest BCUT2D eigenvalue weighted by atomic mass is 9.90. The fourth-order valence-corrected chi connectivity index (χ4v) is 6.64. The predicted octanol–water partition coefficient (Wildman–Crippen LogP) is 4.34. The first-order valence-electron chi connectivity index (χ1n) is 10.9. The summed E-state index contributed by atoms with van der Waals surface area (Å²) < 4.78 is 48.6. The molecule has 1 spiro atoms. The highest BCUT2D eigenvalue weighted by Crippen LogP contribution is 2.38. The standard InChI is InChI=1S/C23H23Cl2FN2O4S/c24-16-2-5-18(19(25)12-16)15-1-6-21(20(26)11-15)33(30,31)27-9-7-23(8-10-27)14-28(17-3-4-17)22(29)13-32-23/h1-2,5-6,11-12,17H,3-4,7-10,13-14H2. The molecule has 2 aromatic rings. The summed E-state index contributed by atoms with van der Waals surface area (Å²) in [7, 11) is -4.02. The van der Waals surface area contributed by atoms with Crippen LogP contribution < -0.4 is 0 Å². The number of amides is 1. The molecular formula is C23H23Cl2FN2O4S. The van der Waals surface area contributed by atoms with E-state index in [0.29, 0.717) is 46.6 Å². The number of nitrogens with zero attached hydrogens (tertiary/aromatic N) is 2. The number of halogens is 3. The molecule has 0 unspecified atom stereocenters. The van der Waals surface area contributed by atoms with E-state index in [1.54, 1.807) is 24.3 Å². The van der Waals surface area contributed by atoms with Crippen LogP contribution in [0.5, 0.6) is 0 Å². The van der Waals surface area contributed by atoms with E-state index < -0.39 is 21.4 Å². The van der Waals surface area contributed by atoms with Gasteiger partial charge in [0.1, 0.15) is 17.3 Å². The lowest BCUT2D eigenvalue weighted by molar-refractivity contribution is -0.170. The average Bonchev–Trinajstić information content (AvgIpc) is 3.61. The summed E-state index contributed by atoms with van der Waals surface area (Å²) in [6.45, 7) is 0.945. The Morgan fingerprint density at radius 3 is 2.42 bits per heavy atom. The summed E-state index contributed by atoms with van der Waals surface area (Å²) >= 11 is 12.1. The van der Waals surface area contributed by atoms with Crippen LogP contribution in [0.3, 0.4) is 0 Å². The van der Waals surface area contributed by atoms with Crippen molar-refractivity contribution in [3.05, 3.63) is 52.3 Å². The average molecular weight is 513 g/mol. The van der Waals surface area contributed by atoms with Crippen LogP contribution in [0.4, 0.5) is 4.39 Å². The number of hydrogen-bond donors (Lipinski definition) is 0. The molecule has 2 aromatic carbocycles. The summed E-state index contributed by atoms with van der Waals surface area (Å²) in [5.74, 6) is -0.834.